The number of carbonyl (C=O) groups excluding carboxylic acids is 1. The zero-order valence-electron chi connectivity index (χ0n) is 9.43. The number of hydrogen-bond acceptors (Lipinski definition) is 3. The van der Waals surface area contributed by atoms with Crippen LogP contribution in [-0.4, -0.2) is 32.7 Å². The van der Waals surface area contributed by atoms with Crippen molar-refractivity contribution >= 4 is 29.1 Å². The second-order valence-electron chi connectivity index (χ2n) is 3.32. The van der Waals surface area contributed by atoms with Crippen molar-refractivity contribution in [3.63, 3.8) is 0 Å². The summed E-state index contributed by atoms with van der Waals surface area (Å²) in [4.78, 5) is 11.3. The van der Waals surface area contributed by atoms with Gasteiger partial charge in [-0.25, -0.2) is 0 Å². The molecule has 6 heteroatoms. The molecular formula is C11H14Cl2N2O2. The summed E-state index contributed by atoms with van der Waals surface area (Å²) in [7, 11) is 1.81. The van der Waals surface area contributed by atoms with E-state index in [1.54, 1.807) is 18.2 Å². The molecule has 1 aromatic rings. The second kappa shape index (κ2) is 7.37. The van der Waals surface area contributed by atoms with Gasteiger partial charge in [-0.1, -0.05) is 23.2 Å². The van der Waals surface area contributed by atoms with Gasteiger partial charge in [0, 0.05) is 24.2 Å². The molecule has 0 radical (unpaired) electrons. The Labute approximate surface area is 110 Å². The molecule has 0 aliphatic carbocycles. The number of halogens is 2. The second-order valence-corrected chi connectivity index (χ2v) is 4.16. The van der Waals surface area contributed by atoms with Gasteiger partial charge in [0.1, 0.15) is 5.75 Å². The Morgan fingerprint density at radius 1 is 1.35 bits per heavy atom. The molecule has 0 fully saturated rings. The quantitative estimate of drug-likeness (QED) is 0.778. The Bertz CT molecular complexity index is 386. The van der Waals surface area contributed by atoms with Gasteiger partial charge >= 0.3 is 0 Å². The van der Waals surface area contributed by atoms with E-state index in [9.17, 15) is 4.79 Å². The number of nitrogens with one attached hydrogen (secondary N) is 2. The average molecular weight is 277 g/mol. The molecule has 1 rings (SSSR count). The first-order valence-corrected chi connectivity index (χ1v) is 5.88. The first kappa shape index (κ1) is 14.1. The number of rotatable bonds is 6. The molecule has 94 valence electrons. The zero-order valence-corrected chi connectivity index (χ0v) is 10.9. The van der Waals surface area contributed by atoms with E-state index >= 15 is 0 Å². The van der Waals surface area contributed by atoms with Gasteiger partial charge in [0.2, 0.25) is 0 Å². The lowest BCUT2D eigenvalue weighted by Gasteiger charge is -2.08. The third kappa shape index (κ3) is 5.26. The first-order chi connectivity index (χ1) is 8.13. The highest BCUT2D eigenvalue weighted by Crippen LogP contribution is 2.27. The number of amides is 1. The molecular weight excluding hydrogens is 263 g/mol. The van der Waals surface area contributed by atoms with Crippen molar-refractivity contribution in [1.29, 1.82) is 0 Å². The summed E-state index contributed by atoms with van der Waals surface area (Å²) in [6.07, 6.45) is 0. The molecule has 0 saturated heterocycles. The topological polar surface area (TPSA) is 50.4 Å². The molecule has 0 spiro atoms. The Morgan fingerprint density at radius 3 is 2.82 bits per heavy atom. The van der Waals surface area contributed by atoms with E-state index in [-0.39, 0.29) is 12.5 Å². The number of benzene rings is 1. The normalized spacial score (nSPS) is 10.1. The highest BCUT2D eigenvalue weighted by atomic mass is 35.5. The largest absolute Gasteiger partial charge is 0.482 e. The van der Waals surface area contributed by atoms with Crippen LogP contribution < -0.4 is 15.4 Å². The van der Waals surface area contributed by atoms with Crippen LogP contribution in [0.25, 0.3) is 0 Å². The van der Waals surface area contributed by atoms with Crippen molar-refractivity contribution in [3.05, 3.63) is 28.2 Å². The van der Waals surface area contributed by atoms with Crippen LogP contribution >= 0.6 is 23.2 Å². The van der Waals surface area contributed by atoms with Crippen molar-refractivity contribution in [1.82, 2.24) is 10.6 Å². The van der Waals surface area contributed by atoms with Crippen molar-refractivity contribution in [2.24, 2.45) is 0 Å². The van der Waals surface area contributed by atoms with Crippen LogP contribution in [0.15, 0.2) is 18.2 Å². The standard InChI is InChI=1S/C11H14Cl2N2O2/c1-14-4-5-15-11(16)7-17-10-6-8(12)2-3-9(10)13/h2-3,6,14H,4-5,7H2,1H3,(H,15,16). The average Bonchev–Trinajstić information content (AvgIpc) is 2.31. The molecule has 0 atom stereocenters. The van der Waals surface area contributed by atoms with E-state index in [1.807, 2.05) is 7.05 Å². The Morgan fingerprint density at radius 2 is 2.12 bits per heavy atom. The van der Waals surface area contributed by atoms with E-state index in [0.29, 0.717) is 28.9 Å². The minimum atomic E-state index is -0.198. The highest BCUT2D eigenvalue weighted by molar-refractivity contribution is 6.34. The van der Waals surface area contributed by atoms with Crippen molar-refractivity contribution in [2.45, 2.75) is 0 Å². The SMILES string of the molecule is CNCCNC(=O)COc1cc(Cl)ccc1Cl. The summed E-state index contributed by atoms with van der Waals surface area (Å²) in [6.45, 7) is 1.19. The van der Waals surface area contributed by atoms with Gasteiger partial charge in [0.15, 0.2) is 6.61 Å². The molecule has 0 bridgehead atoms. The summed E-state index contributed by atoms with van der Waals surface area (Å²) < 4.78 is 5.26. The van der Waals surface area contributed by atoms with Crippen LogP contribution in [-0.2, 0) is 4.79 Å². The third-order valence-electron chi connectivity index (χ3n) is 1.95. The molecule has 0 aromatic heterocycles. The van der Waals surface area contributed by atoms with Crippen molar-refractivity contribution in [2.75, 3.05) is 26.7 Å². The van der Waals surface area contributed by atoms with Crippen LogP contribution in [0.1, 0.15) is 0 Å². The lowest BCUT2D eigenvalue weighted by atomic mass is 10.3. The smallest absolute Gasteiger partial charge is 0.257 e. The fraction of sp³-hybridized carbons (Fsp3) is 0.364. The number of carbonyl (C=O) groups is 1. The summed E-state index contributed by atoms with van der Waals surface area (Å²) in [5.41, 5.74) is 0. The molecule has 0 heterocycles. The van der Waals surface area contributed by atoms with E-state index in [1.165, 1.54) is 0 Å². The highest BCUT2D eigenvalue weighted by Gasteiger charge is 2.05. The van der Waals surface area contributed by atoms with Gasteiger partial charge in [-0.2, -0.15) is 0 Å². The van der Waals surface area contributed by atoms with Crippen LogP contribution in [0.2, 0.25) is 10.0 Å². The van der Waals surface area contributed by atoms with E-state index in [4.69, 9.17) is 27.9 Å². The van der Waals surface area contributed by atoms with Crippen molar-refractivity contribution in [3.8, 4) is 5.75 Å². The molecule has 0 aliphatic heterocycles. The molecule has 1 amide bonds. The summed E-state index contributed by atoms with van der Waals surface area (Å²) >= 11 is 11.7. The maximum Gasteiger partial charge on any atom is 0.257 e. The summed E-state index contributed by atoms with van der Waals surface area (Å²) in [5, 5.41) is 6.55. The molecule has 0 saturated carbocycles. The monoisotopic (exact) mass is 276 g/mol. The summed E-state index contributed by atoms with van der Waals surface area (Å²) in [5.74, 6) is 0.208. The molecule has 2 N–H and O–H groups in total. The Balaban J connectivity index is 2.39. The number of hydrogen-bond donors (Lipinski definition) is 2. The minimum absolute atomic E-state index is 0.0796. The van der Waals surface area contributed by atoms with Gasteiger partial charge in [0.25, 0.3) is 5.91 Å². The lowest BCUT2D eigenvalue weighted by molar-refractivity contribution is -0.123. The molecule has 0 unspecified atom stereocenters. The Kier molecular flexibility index (Phi) is 6.11. The van der Waals surface area contributed by atoms with E-state index in [0.717, 1.165) is 0 Å². The fourth-order valence-electron chi connectivity index (χ4n) is 1.11. The maximum atomic E-state index is 11.3. The maximum absolute atomic E-state index is 11.3. The van der Waals surface area contributed by atoms with E-state index < -0.39 is 0 Å². The van der Waals surface area contributed by atoms with Crippen LogP contribution in [0.4, 0.5) is 0 Å². The fourth-order valence-corrected chi connectivity index (χ4v) is 1.44. The van der Waals surface area contributed by atoms with Crippen LogP contribution in [0, 0.1) is 0 Å². The molecule has 0 aliphatic rings. The van der Waals surface area contributed by atoms with Gasteiger partial charge in [0.05, 0.1) is 5.02 Å². The summed E-state index contributed by atoms with van der Waals surface area (Å²) in [6, 6.07) is 4.85. The predicted octanol–water partition coefficient (Wildman–Crippen LogP) is 1.71. The van der Waals surface area contributed by atoms with Gasteiger partial charge in [-0.05, 0) is 19.2 Å². The zero-order chi connectivity index (χ0) is 12.7. The third-order valence-corrected chi connectivity index (χ3v) is 2.50. The lowest BCUT2D eigenvalue weighted by Crippen LogP contribution is -2.33. The number of likely N-dealkylation sites (N-methyl/N-ethyl adjacent to an activating group) is 1. The number of ether oxygens (including phenoxy) is 1. The van der Waals surface area contributed by atoms with E-state index in [2.05, 4.69) is 10.6 Å². The van der Waals surface area contributed by atoms with Gasteiger partial charge < -0.3 is 15.4 Å². The van der Waals surface area contributed by atoms with Gasteiger partial charge in [-0.15, -0.1) is 0 Å². The molecule has 4 nitrogen and oxygen atoms in total. The van der Waals surface area contributed by atoms with Crippen LogP contribution in [0.3, 0.4) is 0 Å². The van der Waals surface area contributed by atoms with Gasteiger partial charge in [-0.3, -0.25) is 4.79 Å². The predicted molar refractivity (Wildman–Crippen MR) is 68.9 cm³/mol. The van der Waals surface area contributed by atoms with Crippen LogP contribution in [0.5, 0.6) is 5.75 Å². The Hall–Kier alpha value is -0.970. The minimum Gasteiger partial charge on any atom is -0.482 e. The van der Waals surface area contributed by atoms with Crippen molar-refractivity contribution < 1.29 is 9.53 Å². The molecule has 17 heavy (non-hydrogen) atoms. The molecule has 1 aromatic carbocycles. The first-order valence-electron chi connectivity index (χ1n) is 5.12.